The fourth-order valence-corrected chi connectivity index (χ4v) is 2.09. The predicted octanol–water partition coefficient (Wildman–Crippen LogP) is 2.08. The average molecular weight is 306 g/mol. The summed E-state index contributed by atoms with van der Waals surface area (Å²) >= 11 is 0. The minimum absolute atomic E-state index is 0.0549. The van der Waals surface area contributed by atoms with Crippen LogP contribution in [-0.4, -0.2) is 35.1 Å². The first-order chi connectivity index (χ1) is 10.3. The number of hydrogen-bond donors (Lipinski definition) is 1. The smallest absolute Gasteiger partial charge is 0.340 e. The molecule has 1 N–H and O–H groups in total. The van der Waals surface area contributed by atoms with E-state index in [4.69, 9.17) is 9.47 Å². The van der Waals surface area contributed by atoms with E-state index in [1.807, 2.05) is 20.8 Å². The molecule has 0 bridgehead atoms. The van der Waals surface area contributed by atoms with Crippen LogP contribution in [0.3, 0.4) is 0 Å². The van der Waals surface area contributed by atoms with Crippen molar-refractivity contribution in [2.45, 2.75) is 51.7 Å². The maximum absolute atomic E-state index is 11.9. The summed E-state index contributed by atoms with van der Waals surface area (Å²) in [4.78, 5) is 27.3. The monoisotopic (exact) mass is 306 g/mol. The Hall–Kier alpha value is -2.11. The molecule has 0 aromatic carbocycles. The molecule has 6 nitrogen and oxygen atoms in total. The van der Waals surface area contributed by atoms with Crippen molar-refractivity contribution in [3.63, 3.8) is 0 Å². The summed E-state index contributed by atoms with van der Waals surface area (Å²) < 4.78 is 11.0. The number of amides is 1. The Balaban J connectivity index is 1.94. The maximum atomic E-state index is 11.9. The lowest BCUT2D eigenvalue weighted by atomic mass is 10.2. The summed E-state index contributed by atoms with van der Waals surface area (Å²) in [5.74, 6) is 0.0843. The van der Waals surface area contributed by atoms with Gasteiger partial charge in [-0.3, -0.25) is 4.79 Å². The highest BCUT2D eigenvalue weighted by Crippen LogP contribution is 2.16. The van der Waals surface area contributed by atoms with E-state index in [-0.39, 0.29) is 12.0 Å². The molecule has 0 aliphatic carbocycles. The molecule has 1 aromatic heterocycles. The molecule has 2 rings (SSSR count). The van der Waals surface area contributed by atoms with Crippen LogP contribution in [0.25, 0.3) is 0 Å². The molecule has 1 atom stereocenters. The van der Waals surface area contributed by atoms with E-state index in [0.29, 0.717) is 24.4 Å². The Bertz CT molecular complexity index is 534. The van der Waals surface area contributed by atoms with Gasteiger partial charge in [0.15, 0.2) is 0 Å². The number of carbonyl (C=O) groups is 2. The number of esters is 1. The van der Waals surface area contributed by atoms with Crippen molar-refractivity contribution in [2.75, 3.05) is 6.54 Å². The van der Waals surface area contributed by atoms with Crippen molar-refractivity contribution in [3.05, 3.63) is 23.9 Å². The molecule has 1 saturated heterocycles. The minimum atomic E-state index is -0.537. The topological polar surface area (TPSA) is 77.5 Å². The molecule has 0 saturated carbocycles. The Morgan fingerprint density at radius 3 is 2.77 bits per heavy atom. The largest absolute Gasteiger partial charge is 0.472 e. The molecular formula is C16H22N2O4. The highest BCUT2D eigenvalue weighted by molar-refractivity contribution is 5.89. The summed E-state index contributed by atoms with van der Waals surface area (Å²) in [7, 11) is 0. The van der Waals surface area contributed by atoms with Gasteiger partial charge < -0.3 is 14.8 Å². The molecule has 22 heavy (non-hydrogen) atoms. The van der Waals surface area contributed by atoms with Crippen LogP contribution in [0, 0.1) is 0 Å². The number of rotatable bonds is 3. The third-order valence-electron chi connectivity index (χ3n) is 3.12. The first kappa shape index (κ1) is 16.3. The first-order valence-electron chi connectivity index (χ1n) is 7.46. The van der Waals surface area contributed by atoms with Gasteiger partial charge in [0.2, 0.25) is 11.8 Å². The highest BCUT2D eigenvalue weighted by atomic mass is 16.6. The third kappa shape index (κ3) is 5.02. The Morgan fingerprint density at radius 2 is 2.14 bits per heavy atom. The zero-order chi connectivity index (χ0) is 16.2. The summed E-state index contributed by atoms with van der Waals surface area (Å²) in [6, 6.07) is 3.28. The van der Waals surface area contributed by atoms with Crippen molar-refractivity contribution in [3.8, 4) is 5.88 Å². The summed E-state index contributed by atoms with van der Waals surface area (Å²) in [5, 5.41) is 2.80. The van der Waals surface area contributed by atoms with Crippen LogP contribution in [0.5, 0.6) is 5.88 Å². The fourth-order valence-electron chi connectivity index (χ4n) is 2.09. The molecule has 6 heteroatoms. The van der Waals surface area contributed by atoms with Crippen molar-refractivity contribution in [1.82, 2.24) is 10.3 Å². The van der Waals surface area contributed by atoms with Crippen molar-refractivity contribution in [1.29, 1.82) is 0 Å². The van der Waals surface area contributed by atoms with E-state index >= 15 is 0 Å². The highest BCUT2D eigenvalue weighted by Gasteiger charge is 2.20. The van der Waals surface area contributed by atoms with Gasteiger partial charge in [-0.15, -0.1) is 0 Å². The van der Waals surface area contributed by atoms with Gasteiger partial charge >= 0.3 is 5.97 Å². The van der Waals surface area contributed by atoms with Gasteiger partial charge in [0.25, 0.3) is 0 Å². The number of carbonyl (C=O) groups excluding carboxylic acids is 2. The number of hydrogen-bond acceptors (Lipinski definition) is 5. The van der Waals surface area contributed by atoms with E-state index in [1.165, 1.54) is 6.20 Å². The fraction of sp³-hybridized carbons (Fsp3) is 0.562. The number of pyridine rings is 1. The van der Waals surface area contributed by atoms with E-state index in [1.54, 1.807) is 12.1 Å². The van der Waals surface area contributed by atoms with Crippen LogP contribution in [-0.2, 0) is 9.53 Å². The second kappa shape index (κ2) is 6.77. The van der Waals surface area contributed by atoms with Crippen LogP contribution in [0.2, 0.25) is 0 Å². The molecule has 1 aliphatic rings. The van der Waals surface area contributed by atoms with Crippen LogP contribution >= 0.6 is 0 Å². The standard InChI is InChI=1S/C16H22N2O4/c1-16(2,3)22-15(20)11-7-8-14(18-9-11)21-12-5-4-6-13(19)17-10-12/h7-9,12H,4-6,10H2,1-3H3,(H,17,19). The molecule has 1 aliphatic heterocycles. The lowest BCUT2D eigenvalue weighted by molar-refractivity contribution is -0.120. The molecule has 1 aromatic rings. The maximum Gasteiger partial charge on any atom is 0.340 e. The molecule has 1 fully saturated rings. The normalized spacial score (nSPS) is 19.0. The van der Waals surface area contributed by atoms with Crippen molar-refractivity contribution < 1.29 is 19.1 Å². The molecule has 0 spiro atoms. The molecule has 120 valence electrons. The Kier molecular flexibility index (Phi) is 5.00. The van der Waals surface area contributed by atoms with E-state index in [9.17, 15) is 9.59 Å². The number of aromatic nitrogens is 1. The quantitative estimate of drug-likeness (QED) is 0.865. The van der Waals surface area contributed by atoms with Gasteiger partial charge in [0.05, 0.1) is 12.1 Å². The molecule has 1 amide bonds. The van der Waals surface area contributed by atoms with E-state index in [0.717, 1.165) is 12.8 Å². The lowest BCUT2D eigenvalue weighted by Gasteiger charge is -2.19. The van der Waals surface area contributed by atoms with E-state index in [2.05, 4.69) is 10.3 Å². The van der Waals surface area contributed by atoms with Crippen molar-refractivity contribution in [2.24, 2.45) is 0 Å². The zero-order valence-corrected chi connectivity index (χ0v) is 13.2. The summed E-state index contributed by atoms with van der Waals surface area (Å²) in [6.45, 7) is 5.93. The number of nitrogens with one attached hydrogen (secondary N) is 1. The van der Waals surface area contributed by atoms with E-state index < -0.39 is 11.6 Å². The molecule has 0 radical (unpaired) electrons. The van der Waals surface area contributed by atoms with Crippen LogP contribution in [0.4, 0.5) is 0 Å². The number of ether oxygens (including phenoxy) is 2. The minimum Gasteiger partial charge on any atom is -0.472 e. The van der Waals surface area contributed by atoms with Crippen LogP contribution in [0.1, 0.15) is 50.4 Å². The molecule has 2 heterocycles. The lowest BCUT2D eigenvalue weighted by Crippen LogP contribution is -2.32. The van der Waals surface area contributed by atoms with Crippen molar-refractivity contribution >= 4 is 11.9 Å². The Labute approximate surface area is 130 Å². The zero-order valence-electron chi connectivity index (χ0n) is 13.2. The van der Waals surface area contributed by atoms with Gasteiger partial charge in [-0.1, -0.05) is 0 Å². The van der Waals surface area contributed by atoms with Crippen LogP contribution < -0.4 is 10.1 Å². The van der Waals surface area contributed by atoms with Gasteiger partial charge in [0.1, 0.15) is 11.7 Å². The molecular weight excluding hydrogens is 284 g/mol. The SMILES string of the molecule is CC(C)(C)OC(=O)c1ccc(OC2CCCC(=O)NC2)nc1. The summed E-state index contributed by atoms with van der Waals surface area (Å²) in [6.07, 6.45) is 3.48. The average Bonchev–Trinajstić information content (AvgIpc) is 2.63. The van der Waals surface area contributed by atoms with Gasteiger partial charge in [-0.2, -0.15) is 0 Å². The Morgan fingerprint density at radius 1 is 1.36 bits per heavy atom. The first-order valence-corrected chi connectivity index (χ1v) is 7.46. The van der Waals surface area contributed by atoms with Gasteiger partial charge in [-0.25, -0.2) is 9.78 Å². The second-order valence-corrected chi connectivity index (χ2v) is 6.32. The van der Waals surface area contributed by atoms with Gasteiger partial charge in [-0.05, 0) is 39.7 Å². The second-order valence-electron chi connectivity index (χ2n) is 6.32. The van der Waals surface area contributed by atoms with Crippen LogP contribution in [0.15, 0.2) is 18.3 Å². The number of nitrogens with zero attached hydrogens (tertiary/aromatic N) is 1. The van der Waals surface area contributed by atoms with Gasteiger partial charge in [0, 0.05) is 18.7 Å². The molecule has 1 unspecified atom stereocenters. The third-order valence-corrected chi connectivity index (χ3v) is 3.12. The summed E-state index contributed by atoms with van der Waals surface area (Å²) in [5.41, 5.74) is -0.151. The predicted molar refractivity (Wildman–Crippen MR) is 80.7 cm³/mol.